The normalized spacial score (nSPS) is 10.4. The number of nitrogens with zero attached hydrogens (tertiary/aromatic N) is 1. The summed E-state index contributed by atoms with van der Waals surface area (Å²) in [5, 5.41) is 2.95. The highest BCUT2D eigenvalue weighted by atomic mass is 32.1. The van der Waals surface area contributed by atoms with Gasteiger partial charge in [0.05, 0.1) is 5.51 Å². The SMILES string of the molecule is Cc1cccc(CCC(=O)NCCc2cncs2)c1. The van der Waals surface area contributed by atoms with Crippen LogP contribution >= 0.6 is 11.3 Å². The standard InChI is InChI=1S/C15H18N2OS/c1-12-3-2-4-13(9-12)5-6-15(18)17-8-7-14-10-16-11-19-14/h2-4,9-11H,5-8H2,1H3,(H,17,18). The predicted octanol–water partition coefficient (Wildman–Crippen LogP) is 2.74. The second-order valence-electron chi connectivity index (χ2n) is 4.56. The lowest BCUT2D eigenvalue weighted by molar-refractivity contribution is -0.121. The van der Waals surface area contributed by atoms with Crippen molar-refractivity contribution >= 4 is 17.2 Å². The molecule has 0 aliphatic heterocycles. The molecule has 1 aromatic heterocycles. The van der Waals surface area contributed by atoms with E-state index in [1.165, 1.54) is 16.0 Å². The molecular formula is C15H18N2OS. The number of thiazole rings is 1. The van der Waals surface area contributed by atoms with Crippen LogP contribution in [-0.4, -0.2) is 17.4 Å². The largest absolute Gasteiger partial charge is 0.356 e. The number of rotatable bonds is 6. The molecule has 0 saturated heterocycles. The number of aromatic nitrogens is 1. The van der Waals surface area contributed by atoms with E-state index in [1.807, 2.05) is 17.8 Å². The maximum Gasteiger partial charge on any atom is 0.220 e. The number of hydrogen-bond donors (Lipinski definition) is 1. The molecule has 4 heteroatoms. The maximum absolute atomic E-state index is 11.7. The van der Waals surface area contributed by atoms with Gasteiger partial charge in [-0.2, -0.15) is 0 Å². The first kappa shape index (κ1) is 13.7. The Kier molecular flexibility index (Phi) is 5.10. The summed E-state index contributed by atoms with van der Waals surface area (Å²) < 4.78 is 0. The van der Waals surface area contributed by atoms with Gasteiger partial charge in [-0.3, -0.25) is 9.78 Å². The molecule has 0 bridgehead atoms. The average Bonchev–Trinajstić information content (AvgIpc) is 2.90. The lowest BCUT2D eigenvalue weighted by atomic mass is 10.1. The Morgan fingerprint density at radius 1 is 1.37 bits per heavy atom. The number of hydrogen-bond acceptors (Lipinski definition) is 3. The fraction of sp³-hybridized carbons (Fsp3) is 0.333. The third-order valence-electron chi connectivity index (χ3n) is 2.90. The molecule has 0 atom stereocenters. The van der Waals surface area contributed by atoms with Gasteiger partial charge in [0.2, 0.25) is 5.91 Å². The zero-order chi connectivity index (χ0) is 13.5. The molecule has 0 spiro atoms. The van der Waals surface area contributed by atoms with Gasteiger partial charge in [0, 0.05) is 30.5 Å². The molecule has 100 valence electrons. The van der Waals surface area contributed by atoms with Crippen molar-refractivity contribution in [3.05, 3.63) is 52.0 Å². The topological polar surface area (TPSA) is 42.0 Å². The Morgan fingerprint density at radius 3 is 3.00 bits per heavy atom. The monoisotopic (exact) mass is 274 g/mol. The van der Waals surface area contributed by atoms with Crippen molar-refractivity contribution in [2.75, 3.05) is 6.54 Å². The minimum atomic E-state index is 0.117. The van der Waals surface area contributed by atoms with E-state index in [1.54, 1.807) is 11.3 Å². The summed E-state index contributed by atoms with van der Waals surface area (Å²) in [7, 11) is 0. The maximum atomic E-state index is 11.7. The van der Waals surface area contributed by atoms with E-state index in [0.29, 0.717) is 13.0 Å². The van der Waals surface area contributed by atoms with Gasteiger partial charge in [0.25, 0.3) is 0 Å². The summed E-state index contributed by atoms with van der Waals surface area (Å²) in [4.78, 5) is 16.9. The summed E-state index contributed by atoms with van der Waals surface area (Å²) in [5.41, 5.74) is 4.27. The van der Waals surface area contributed by atoms with Crippen LogP contribution in [0.2, 0.25) is 0 Å². The van der Waals surface area contributed by atoms with E-state index >= 15 is 0 Å². The van der Waals surface area contributed by atoms with E-state index in [2.05, 4.69) is 35.4 Å². The van der Waals surface area contributed by atoms with Crippen molar-refractivity contribution in [1.29, 1.82) is 0 Å². The van der Waals surface area contributed by atoms with Gasteiger partial charge in [-0.25, -0.2) is 0 Å². The summed E-state index contributed by atoms with van der Waals surface area (Å²) in [6, 6.07) is 8.30. The van der Waals surface area contributed by atoms with Crippen LogP contribution in [0.3, 0.4) is 0 Å². The van der Waals surface area contributed by atoms with Crippen LogP contribution in [0.25, 0.3) is 0 Å². The molecule has 1 aromatic carbocycles. The summed E-state index contributed by atoms with van der Waals surface area (Å²) in [6.45, 7) is 2.76. The average molecular weight is 274 g/mol. The van der Waals surface area contributed by atoms with Gasteiger partial charge in [0.15, 0.2) is 0 Å². The van der Waals surface area contributed by atoms with Gasteiger partial charge < -0.3 is 5.32 Å². The fourth-order valence-electron chi connectivity index (χ4n) is 1.90. The third-order valence-corrected chi connectivity index (χ3v) is 3.74. The van der Waals surface area contributed by atoms with Gasteiger partial charge in [0.1, 0.15) is 0 Å². The molecule has 2 aromatic rings. The van der Waals surface area contributed by atoms with E-state index in [-0.39, 0.29) is 5.91 Å². The number of carbonyl (C=O) groups excluding carboxylic acids is 1. The molecule has 0 fully saturated rings. The first-order valence-electron chi connectivity index (χ1n) is 6.43. The van der Waals surface area contributed by atoms with E-state index in [4.69, 9.17) is 0 Å². The molecule has 0 aliphatic rings. The summed E-state index contributed by atoms with van der Waals surface area (Å²) >= 11 is 1.62. The predicted molar refractivity (Wildman–Crippen MR) is 78.3 cm³/mol. The minimum Gasteiger partial charge on any atom is -0.356 e. The zero-order valence-corrected chi connectivity index (χ0v) is 11.9. The van der Waals surface area contributed by atoms with Crippen LogP contribution in [0, 0.1) is 6.92 Å². The molecule has 2 rings (SSSR count). The van der Waals surface area contributed by atoms with Crippen molar-refractivity contribution < 1.29 is 4.79 Å². The Balaban J connectivity index is 1.67. The highest BCUT2D eigenvalue weighted by molar-refractivity contribution is 7.09. The molecule has 1 amide bonds. The second kappa shape index (κ2) is 7.04. The van der Waals surface area contributed by atoms with Crippen LogP contribution in [0.4, 0.5) is 0 Å². The quantitative estimate of drug-likeness (QED) is 0.880. The first-order valence-corrected chi connectivity index (χ1v) is 7.31. The van der Waals surface area contributed by atoms with Crippen LogP contribution in [0.5, 0.6) is 0 Å². The van der Waals surface area contributed by atoms with E-state index in [0.717, 1.165) is 12.8 Å². The molecule has 0 unspecified atom stereocenters. The summed E-state index contributed by atoms with van der Waals surface area (Å²) in [6.07, 6.45) is 4.06. The van der Waals surface area contributed by atoms with Gasteiger partial charge in [-0.15, -0.1) is 11.3 Å². The number of carbonyl (C=O) groups is 1. The van der Waals surface area contributed by atoms with Crippen LogP contribution in [-0.2, 0) is 17.6 Å². The lowest BCUT2D eigenvalue weighted by Crippen LogP contribution is -2.25. The smallest absolute Gasteiger partial charge is 0.220 e. The molecule has 3 nitrogen and oxygen atoms in total. The number of aryl methyl sites for hydroxylation is 2. The highest BCUT2D eigenvalue weighted by Crippen LogP contribution is 2.07. The fourth-order valence-corrected chi connectivity index (χ4v) is 2.50. The Bertz CT molecular complexity index is 523. The molecule has 0 saturated carbocycles. The minimum absolute atomic E-state index is 0.117. The Hall–Kier alpha value is -1.68. The van der Waals surface area contributed by atoms with Gasteiger partial charge >= 0.3 is 0 Å². The highest BCUT2D eigenvalue weighted by Gasteiger charge is 2.02. The number of benzene rings is 1. The van der Waals surface area contributed by atoms with Crippen LogP contribution in [0.1, 0.15) is 22.4 Å². The van der Waals surface area contributed by atoms with Crippen molar-refractivity contribution in [2.24, 2.45) is 0 Å². The second-order valence-corrected chi connectivity index (χ2v) is 5.53. The van der Waals surface area contributed by atoms with Crippen molar-refractivity contribution in [1.82, 2.24) is 10.3 Å². The van der Waals surface area contributed by atoms with Crippen LogP contribution in [0.15, 0.2) is 36.0 Å². The van der Waals surface area contributed by atoms with E-state index < -0.39 is 0 Å². The van der Waals surface area contributed by atoms with Gasteiger partial charge in [-0.05, 0) is 18.9 Å². The lowest BCUT2D eigenvalue weighted by Gasteiger charge is -2.05. The van der Waals surface area contributed by atoms with Crippen molar-refractivity contribution in [2.45, 2.75) is 26.2 Å². The number of nitrogens with one attached hydrogen (secondary N) is 1. The number of amides is 1. The third kappa shape index (κ3) is 4.83. The van der Waals surface area contributed by atoms with E-state index in [9.17, 15) is 4.79 Å². The zero-order valence-electron chi connectivity index (χ0n) is 11.1. The molecule has 0 radical (unpaired) electrons. The molecule has 0 aliphatic carbocycles. The molecule has 1 heterocycles. The Morgan fingerprint density at radius 2 is 2.26 bits per heavy atom. The van der Waals surface area contributed by atoms with Crippen LogP contribution < -0.4 is 5.32 Å². The molecule has 19 heavy (non-hydrogen) atoms. The molecule has 1 N–H and O–H groups in total. The van der Waals surface area contributed by atoms with Crippen molar-refractivity contribution in [3.8, 4) is 0 Å². The van der Waals surface area contributed by atoms with Crippen molar-refractivity contribution in [3.63, 3.8) is 0 Å². The first-order chi connectivity index (χ1) is 9.24. The van der Waals surface area contributed by atoms with Gasteiger partial charge in [-0.1, -0.05) is 29.8 Å². The Labute approximate surface area is 117 Å². The molecular weight excluding hydrogens is 256 g/mol. The summed E-state index contributed by atoms with van der Waals surface area (Å²) in [5.74, 6) is 0.117.